The van der Waals surface area contributed by atoms with E-state index >= 15 is 0 Å². The summed E-state index contributed by atoms with van der Waals surface area (Å²) in [5.41, 5.74) is 5.38. The second-order valence-electron chi connectivity index (χ2n) is 13.2. The van der Waals surface area contributed by atoms with Gasteiger partial charge in [0.15, 0.2) is 0 Å². The van der Waals surface area contributed by atoms with Crippen LogP contribution in [0.2, 0.25) is 0 Å². The number of carbonyl (C=O) groups is 4. The first kappa shape index (κ1) is 34.2. The van der Waals surface area contributed by atoms with Crippen LogP contribution in [0.5, 0.6) is 0 Å². The van der Waals surface area contributed by atoms with Crippen LogP contribution >= 0.6 is 0 Å². The Labute approximate surface area is 287 Å². The highest BCUT2D eigenvalue weighted by molar-refractivity contribution is 5.93. The first-order valence-electron chi connectivity index (χ1n) is 17.3. The van der Waals surface area contributed by atoms with Gasteiger partial charge >= 0.3 is 12.1 Å². The Morgan fingerprint density at radius 1 is 0.878 bits per heavy atom. The average molecular weight is 668 g/mol. The predicted octanol–water partition coefficient (Wildman–Crippen LogP) is 5.20. The minimum Gasteiger partial charge on any atom is -0.481 e. The number of nitrogens with zero attached hydrogens (tertiary/aromatic N) is 3. The zero-order chi connectivity index (χ0) is 34.3. The molecule has 1 aliphatic heterocycles. The zero-order valence-corrected chi connectivity index (χ0v) is 28.0. The molecule has 3 aromatic rings. The molecule has 2 unspecified atom stereocenters. The fourth-order valence-corrected chi connectivity index (χ4v) is 7.74. The molecular formula is C39H45N3O7. The molecule has 258 valence electrons. The van der Waals surface area contributed by atoms with Gasteiger partial charge in [-0.25, -0.2) is 4.79 Å². The van der Waals surface area contributed by atoms with E-state index in [0.29, 0.717) is 32.7 Å². The van der Waals surface area contributed by atoms with Crippen molar-refractivity contribution in [3.8, 4) is 11.1 Å². The van der Waals surface area contributed by atoms with Crippen molar-refractivity contribution in [2.45, 2.75) is 56.5 Å². The third-order valence-electron chi connectivity index (χ3n) is 10.3. The van der Waals surface area contributed by atoms with Crippen LogP contribution < -0.4 is 0 Å². The molecule has 2 atom stereocenters. The first-order valence-corrected chi connectivity index (χ1v) is 17.3. The Balaban J connectivity index is 1.27. The molecule has 2 fully saturated rings. The lowest BCUT2D eigenvalue weighted by atomic mass is 9.94. The van der Waals surface area contributed by atoms with Crippen LogP contribution in [0.1, 0.15) is 54.7 Å². The fourth-order valence-electron chi connectivity index (χ4n) is 7.74. The Hall–Kier alpha value is -4.70. The highest BCUT2D eigenvalue weighted by atomic mass is 16.6. The van der Waals surface area contributed by atoms with Crippen LogP contribution in [0.3, 0.4) is 0 Å². The van der Waals surface area contributed by atoms with E-state index in [1.54, 1.807) is 11.9 Å². The quantitative estimate of drug-likeness (QED) is 0.282. The summed E-state index contributed by atoms with van der Waals surface area (Å²) in [6.45, 7) is 1.57. The van der Waals surface area contributed by atoms with Gasteiger partial charge in [-0.05, 0) is 53.0 Å². The molecule has 0 aromatic heterocycles. The lowest BCUT2D eigenvalue weighted by Crippen LogP contribution is -2.60. The van der Waals surface area contributed by atoms with Gasteiger partial charge < -0.3 is 24.4 Å². The van der Waals surface area contributed by atoms with E-state index in [-0.39, 0.29) is 25.0 Å². The van der Waals surface area contributed by atoms with E-state index in [1.165, 1.54) is 9.80 Å². The zero-order valence-electron chi connectivity index (χ0n) is 28.0. The SMILES string of the molecule is CN(C(=O)OCC1c2ccccc2-c2ccccc21)C(C(=O)N(CCc1ccccc1)C(CC(=O)O)C(=O)N1CCOCC1)C1CCCC1. The molecule has 0 bridgehead atoms. The summed E-state index contributed by atoms with van der Waals surface area (Å²) in [6, 6.07) is 23.7. The average Bonchev–Trinajstić information content (AvgIpc) is 3.77. The number of amides is 3. The van der Waals surface area contributed by atoms with Gasteiger partial charge in [-0.1, -0.05) is 91.7 Å². The molecule has 1 saturated carbocycles. The van der Waals surface area contributed by atoms with Crippen LogP contribution in [0.4, 0.5) is 4.79 Å². The maximum atomic E-state index is 14.9. The van der Waals surface area contributed by atoms with Crippen LogP contribution in [-0.4, -0.2) is 102 Å². The Bertz CT molecular complexity index is 1590. The van der Waals surface area contributed by atoms with Gasteiger partial charge in [-0.3, -0.25) is 19.3 Å². The van der Waals surface area contributed by atoms with Crippen molar-refractivity contribution in [3.63, 3.8) is 0 Å². The number of aliphatic carboxylic acids is 1. The molecule has 1 heterocycles. The summed E-state index contributed by atoms with van der Waals surface area (Å²) in [4.78, 5) is 59.4. The van der Waals surface area contributed by atoms with Crippen molar-refractivity contribution in [2.75, 3.05) is 46.5 Å². The minimum atomic E-state index is -1.23. The van der Waals surface area contributed by atoms with Gasteiger partial charge in [0.05, 0.1) is 19.6 Å². The van der Waals surface area contributed by atoms with E-state index in [0.717, 1.165) is 53.5 Å². The number of ether oxygens (including phenoxy) is 2. The van der Waals surface area contributed by atoms with Crippen molar-refractivity contribution in [3.05, 3.63) is 95.6 Å². The number of morpholine rings is 1. The maximum Gasteiger partial charge on any atom is 0.410 e. The molecule has 3 aliphatic rings. The standard InChI is InChI=1S/C39H45N3O7/c1-40(39(47)49-26-33-31-17-9-7-15-29(31)30-16-8-10-18-32(30)33)36(28-13-5-6-14-28)38(46)42(20-19-27-11-3-2-4-12-27)34(25-35(43)44)37(45)41-21-23-48-24-22-41/h2-4,7-12,15-18,28,33-34,36H,5-6,13-14,19-26H2,1H3,(H,43,44). The molecule has 3 amide bonds. The normalized spacial score (nSPS) is 17.1. The van der Waals surface area contributed by atoms with Crippen LogP contribution in [0.25, 0.3) is 11.1 Å². The summed E-state index contributed by atoms with van der Waals surface area (Å²) >= 11 is 0. The van der Waals surface area contributed by atoms with E-state index in [4.69, 9.17) is 9.47 Å². The third kappa shape index (κ3) is 7.64. The number of rotatable bonds is 12. The molecular weight excluding hydrogens is 622 g/mol. The van der Waals surface area contributed by atoms with Crippen molar-refractivity contribution in [1.82, 2.24) is 14.7 Å². The lowest BCUT2D eigenvalue weighted by Gasteiger charge is -2.40. The van der Waals surface area contributed by atoms with E-state index in [9.17, 15) is 24.3 Å². The molecule has 0 radical (unpaired) electrons. The monoisotopic (exact) mass is 667 g/mol. The summed E-state index contributed by atoms with van der Waals surface area (Å²) in [5, 5.41) is 9.99. The summed E-state index contributed by atoms with van der Waals surface area (Å²) in [5.74, 6) is -2.31. The first-order chi connectivity index (χ1) is 23.8. The maximum absolute atomic E-state index is 14.9. The highest BCUT2D eigenvalue weighted by Gasteiger charge is 2.44. The largest absolute Gasteiger partial charge is 0.481 e. The number of fused-ring (bicyclic) bond motifs is 3. The van der Waals surface area contributed by atoms with Crippen LogP contribution in [0.15, 0.2) is 78.9 Å². The molecule has 0 spiro atoms. The van der Waals surface area contributed by atoms with Crippen molar-refractivity contribution in [2.24, 2.45) is 5.92 Å². The number of benzene rings is 3. The summed E-state index contributed by atoms with van der Waals surface area (Å²) in [7, 11) is 1.59. The summed E-state index contributed by atoms with van der Waals surface area (Å²) < 4.78 is 11.4. The number of carbonyl (C=O) groups excluding carboxylic acids is 3. The molecule has 10 nitrogen and oxygen atoms in total. The van der Waals surface area contributed by atoms with Gasteiger partial charge in [-0.2, -0.15) is 0 Å². The highest BCUT2D eigenvalue weighted by Crippen LogP contribution is 2.44. The minimum absolute atomic E-state index is 0.109. The number of hydrogen-bond acceptors (Lipinski definition) is 6. The Morgan fingerprint density at radius 3 is 2.08 bits per heavy atom. The third-order valence-corrected chi connectivity index (χ3v) is 10.3. The Morgan fingerprint density at radius 2 is 1.47 bits per heavy atom. The Kier molecular flexibility index (Phi) is 10.9. The number of carboxylic acids is 1. The van der Waals surface area contributed by atoms with Gasteiger partial charge in [0, 0.05) is 32.6 Å². The van der Waals surface area contributed by atoms with Gasteiger partial charge in [0.2, 0.25) is 11.8 Å². The van der Waals surface area contributed by atoms with Crippen molar-refractivity contribution >= 4 is 23.9 Å². The molecule has 3 aromatic carbocycles. The summed E-state index contributed by atoms with van der Waals surface area (Å²) in [6.07, 6.45) is 2.58. The molecule has 10 heteroatoms. The van der Waals surface area contributed by atoms with Gasteiger partial charge in [0.25, 0.3) is 0 Å². The molecule has 6 rings (SSSR count). The van der Waals surface area contributed by atoms with Crippen molar-refractivity contribution < 1.29 is 33.8 Å². The molecule has 1 saturated heterocycles. The number of likely N-dealkylation sites (N-methyl/N-ethyl adjacent to an activating group) is 1. The molecule has 1 N–H and O–H groups in total. The van der Waals surface area contributed by atoms with Crippen LogP contribution in [0, 0.1) is 5.92 Å². The topological polar surface area (TPSA) is 117 Å². The number of carboxylic acid groups (broad SMARTS) is 1. The predicted molar refractivity (Wildman–Crippen MR) is 184 cm³/mol. The van der Waals surface area contributed by atoms with Crippen molar-refractivity contribution in [1.29, 1.82) is 0 Å². The number of hydrogen-bond donors (Lipinski definition) is 1. The van der Waals surface area contributed by atoms with E-state index in [1.807, 2.05) is 54.6 Å². The molecule has 49 heavy (non-hydrogen) atoms. The van der Waals surface area contributed by atoms with Gasteiger partial charge in [0.1, 0.15) is 18.7 Å². The van der Waals surface area contributed by atoms with E-state index < -0.39 is 42.4 Å². The fraction of sp³-hybridized carbons (Fsp3) is 0.436. The van der Waals surface area contributed by atoms with E-state index in [2.05, 4.69) is 24.3 Å². The van der Waals surface area contributed by atoms with Crippen LogP contribution in [-0.2, 0) is 30.3 Å². The smallest absolute Gasteiger partial charge is 0.410 e. The second kappa shape index (κ2) is 15.7. The van der Waals surface area contributed by atoms with Gasteiger partial charge in [-0.15, -0.1) is 0 Å². The second-order valence-corrected chi connectivity index (χ2v) is 13.2. The molecule has 2 aliphatic carbocycles. The lowest BCUT2D eigenvalue weighted by molar-refractivity contribution is -0.155.